The predicted octanol–water partition coefficient (Wildman–Crippen LogP) is 4.09. The number of aryl methyl sites for hydroxylation is 2. The van der Waals surface area contributed by atoms with Crippen molar-refractivity contribution in [2.45, 2.75) is 20.4 Å². The summed E-state index contributed by atoms with van der Waals surface area (Å²) in [5.41, 5.74) is 3.49. The lowest BCUT2D eigenvalue weighted by Gasteiger charge is -2.12. The normalized spacial score (nSPS) is 11.9. The summed E-state index contributed by atoms with van der Waals surface area (Å²) in [6.45, 7) is 4.44. The Labute approximate surface area is 166 Å². The molecule has 0 aliphatic carbocycles. The molecule has 0 radical (unpaired) electrons. The van der Waals surface area contributed by atoms with Crippen LogP contribution in [-0.2, 0) is 6.54 Å². The molecule has 148 valence electrons. The zero-order valence-electron chi connectivity index (χ0n) is 15.9. The molecule has 0 unspecified atom stereocenters. The molecule has 9 heteroatoms. The van der Waals surface area contributed by atoms with Gasteiger partial charge in [-0.15, -0.1) is 0 Å². The summed E-state index contributed by atoms with van der Waals surface area (Å²) < 4.78 is 10.7. The molecule has 0 saturated carbocycles. The van der Waals surface area contributed by atoms with E-state index in [0.29, 0.717) is 18.0 Å². The van der Waals surface area contributed by atoms with Gasteiger partial charge in [-0.25, -0.2) is 9.97 Å². The summed E-state index contributed by atoms with van der Waals surface area (Å²) >= 11 is 0. The van der Waals surface area contributed by atoms with Gasteiger partial charge in [0.05, 0.1) is 4.92 Å². The predicted molar refractivity (Wildman–Crippen MR) is 108 cm³/mol. The average Bonchev–Trinajstić information content (AvgIpc) is 3.16. The molecule has 0 bridgehead atoms. The standard InChI is InChI=1S/C20H19N5O4/c1-12-3-5-15(13(2)7-12)24-20-18(25(26)27)19(22-10-23-20)21-9-14-4-6-16-17(8-14)29-11-28-16/h3-8,10H,9,11H2,1-2H3,(H2,21,22,23,24). The smallest absolute Gasteiger partial charge is 0.353 e. The number of benzene rings is 2. The molecule has 0 amide bonds. The number of nitrogens with one attached hydrogen (secondary N) is 2. The van der Waals surface area contributed by atoms with Gasteiger partial charge in [0.15, 0.2) is 11.5 Å². The minimum absolute atomic E-state index is 0.130. The van der Waals surface area contributed by atoms with Crippen LogP contribution in [0.2, 0.25) is 0 Å². The largest absolute Gasteiger partial charge is 0.454 e. The molecule has 2 aromatic carbocycles. The third-order valence-electron chi connectivity index (χ3n) is 4.54. The fourth-order valence-electron chi connectivity index (χ4n) is 3.09. The fraction of sp³-hybridized carbons (Fsp3) is 0.200. The molecular formula is C20H19N5O4. The first-order chi connectivity index (χ1) is 14.0. The zero-order valence-corrected chi connectivity index (χ0v) is 15.9. The van der Waals surface area contributed by atoms with Crippen molar-refractivity contribution in [3.8, 4) is 11.5 Å². The lowest BCUT2D eigenvalue weighted by molar-refractivity contribution is -0.383. The van der Waals surface area contributed by atoms with Crippen molar-refractivity contribution in [3.63, 3.8) is 0 Å². The number of rotatable bonds is 6. The maximum atomic E-state index is 11.7. The van der Waals surface area contributed by atoms with E-state index in [0.717, 1.165) is 22.4 Å². The van der Waals surface area contributed by atoms with Gasteiger partial charge in [0.1, 0.15) is 6.33 Å². The first kappa shape index (κ1) is 18.5. The first-order valence-corrected chi connectivity index (χ1v) is 8.97. The van der Waals surface area contributed by atoms with Crippen LogP contribution in [0.5, 0.6) is 11.5 Å². The number of ether oxygens (including phenoxy) is 2. The minimum Gasteiger partial charge on any atom is -0.454 e. The highest BCUT2D eigenvalue weighted by Crippen LogP contribution is 2.34. The quantitative estimate of drug-likeness (QED) is 0.476. The highest BCUT2D eigenvalue weighted by molar-refractivity contribution is 5.74. The number of anilines is 3. The van der Waals surface area contributed by atoms with E-state index in [4.69, 9.17) is 9.47 Å². The summed E-state index contributed by atoms with van der Waals surface area (Å²) in [6, 6.07) is 11.3. The molecule has 0 fully saturated rings. The second-order valence-electron chi connectivity index (χ2n) is 6.66. The monoisotopic (exact) mass is 393 g/mol. The fourth-order valence-corrected chi connectivity index (χ4v) is 3.09. The highest BCUT2D eigenvalue weighted by atomic mass is 16.7. The molecule has 4 rings (SSSR count). The van der Waals surface area contributed by atoms with Crippen LogP contribution in [0.25, 0.3) is 0 Å². The second-order valence-corrected chi connectivity index (χ2v) is 6.66. The zero-order chi connectivity index (χ0) is 20.4. The molecule has 3 aromatic rings. The van der Waals surface area contributed by atoms with Crippen LogP contribution >= 0.6 is 0 Å². The van der Waals surface area contributed by atoms with Crippen LogP contribution in [0.15, 0.2) is 42.7 Å². The summed E-state index contributed by atoms with van der Waals surface area (Å²) in [5.74, 6) is 1.60. The number of hydrogen-bond acceptors (Lipinski definition) is 8. The van der Waals surface area contributed by atoms with Crippen molar-refractivity contribution in [1.29, 1.82) is 0 Å². The van der Waals surface area contributed by atoms with Crippen molar-refractivity contribution < 1.29 is 14.4 Å². The molecule has 0 saturated heterocycles. The molecule has 2 N–H and O–H groups in total. The van der Waals surface area contributed by atoms with Gasteiger partial charge in [0, 0.05) is 12.2 Å². The van der Waals surface area contributed by atoms with Crippen LogP contribution < -0.4 is 20.1 Å². The van der Waals surface area contributed by atoms with E-state index in [2.05, 4.69) is 20.6 Å². The molecule has 2 heterocycles. The summed E-state index contributed by atoms with van der Waals surface area (Å²) in [6.07, 6.45) is 1.29. The van der Waals surface area contributed by atoms with Crippen LogP contribution in [-0.4, -0.2) is 21.7 Å². The summed E-state index contributed by atoms with van der Waals surface area (Å²) in [5, 5.41) is 17.8. The van der Waals surface area contributed by atoms with Crippen molar-refractivity contribution >= 4 is 23.0 Å². The Bertz CT molecular complexity index is 1090. The van der Waals surface area contributed by atoms with E-state index in [9.17, 15) is 10.1 Å². The first-order valence-electron chi connectivity index (χ1n) is 8.97. The van der Waals surface area contributed by atoms with E-state index in [1.165, 1.54) is 6.33 Å². The number of fused-ring (bicyclic) bond motifs is 1. The SMILES string of the molecule is Cc1ccc(Nc2ncnc(NCc3ccc4c(c3)OCO4)c2[N+](=O)[O-])c(C)c1. The number of nitrogens with zero attached hydrogens (tertiary/aromatic N) is 3. The van der Waals surface area contributed by atoms with Crippen LogP contribution in [0.1, 0.15) is 16.7 Å². The maximum absolute atomic E-state index is 11.7. The lowest BCUT2D eigenvalue weighted by atomic mass is 10.1. The van der Waals surface area contributed by atoms with E-state index in [1.54, 1.807) is 6.07 Å². The van der Waals surface area contributed by atoms with Crippen LogP contribution in [0, 0.1) is 24.0 Å². The maximum Gasteiger partial charge on any atom is 0.353 e. The number of aromatic nitrogens is 2. The van der Waals surface area contributed by atoms with E-state index in [-0.39, 0.29) is 24.1 Å². The summed E-state index contributed by atoms with van der Waals surface area (Å²) in [7, 11) is 0. The molecule has 1 aliphatic heterocycles. The summed E-state index contributed by atoms with van der Waals surface area (Å²) in [4.78, 5) is 19.4. The van der Waals surface area contributed by atoms with Gasteiger partial charge in [-0.2, -0.15) is 0 Å². The Hall–Kier alpha value is -3.88. The second kappa shape index (κ2) is 7.63. The Morgan fingerprint density at radius 3 is 2.66 bits per heavy atom. The van der Waals surface area contributed by atoms with E-state index >= 15 is 0 Å². The van der Waals surface area contributed by atoms with Crippen molar-refractivity contribution in [2.24, 2.45) is 0 Å². The van der Waals surface area contributed by atoms with Gasteiger partial charge in [-0.05, 0) is 43.2 Å². The molecular weight excluding hydrogens is 374 g/mol. The van der Waals surface area contributed by atoms with Gasteiger partial charge in [-0.3, -0.25) is 10.1 Å². The molecule has 0 spiro atoms. The van der Waals surface area contributed by atoms with Gasteiger partial charge in [0.2, 0.25) is 18.4 Å². The van der Waals surface area contributed by atoms with Crippen molar-refractivity contribution in [3.05, 3.63) is 69.5 Å². The number of nitro groups is 1. The van der Waals surface area contributed by atoms with Gasteiger partial charge < -0.3 is 20.1 Å². The van der Waals surface area contributed by atoms with Crippen molar-refractivity contribution in [1.82, 2.24) is 9.97 Å². The molecule has 9 nitrogen and oxygen atoms in total. The molecule has 1 aromatic heterocycles. The Kier molecular flexibility index (Phi) is 4.86. The lowest BCUT2D eigenvalue weighted by Crippen LogP contribution is -2.08. The molecule has 29 heavy (non-hydrogen) atoms. The Balaban J connectivity index is 1.58. The van der Waals surface area contributed by atoms with Crippen LogP contribution in [0.4, 0.5) is 23.0 Å². The topological polar surface area (TPSA) is 111 Å². The van der Waals surface area contributed by atoms with Gasteiger partial charge in [-0.1, -0.05) is 23.8 Å². The number of hydrogen-bond donors (Lipinski definition) is 2. The van der Waals surface area contributed by atoms with Crippen molar-refractivity contribution in [2.75, 3.05) is 17.4 Å². The van der Waals surface area contributed by atoms with Gasteiger partial charge >= 0.3 is 5.69 Å². The molecule has 0 atom stereocenters. The molecule has 1 aliphatic rings. The van der Waals surface area contributed by atoms with Crippen LogP contribution in [0.3, 0.4) is 0 Å². The van der Waals surface area contributed by atoms with E-state index in [1.807, 2.05) is 44.2 Å². The Morgan fingerprint density at radius 2 is 1.86 bits per heavy atom. The third kappa shape index (κ3) is 3.88. The van der Waals surface area contributed by atoms with Gasteiger partial charge in [0.25, 0.3) is 0 Å². The average molecular weight is 393 g/mol. The van der Waals surface area contributed by atoms with E-state index < -0.39 is 4.92 Å². The minimum atomic E-state index is -0.492. The Morgan fingerprint density at radius 1 is 1.07 bits per heavy atom. The third-order valence-corrected chi connectivity index (χ3v) is 4.54. The highest BCUT2D eigenvalue weighted by Gasteiger charge is 2.23.